The van der Waals surface area contributed by atoms with Crippen molar-refractivity contribution in [3.05, 3.63) is 0 Å². The summed E-state index contributed by atoms with van der Waals surface area (Å²) < 4.78 is 36.0. The standard InChI is InChI=1S/C7H9F3N2O/c8-7(9,10)5(13)12-2-1-6(12)3-11-4-6/h11H,1-4H2. The van der Waals surface area contributed by atoms with Crippen LogP contribution in [0.5, 0.6) is 0 Å². The Morgan fingerprint density at radius 1 is 1.38 bits per heavy atom. The lowest BCUT2D eigenvalue weighted by molar-refractivity contribution is -0.203. The number of nitrogens with zero attached hydrogens (tertiary/aromatic N) is 1. The average molecular weight is 194 g/mol. The molecule has 2 aliphatic rings. The third-order valence-corrected chi connectivity index (χ3v) is 2.77. The lowest BCUT2D eigenvalue weighted by atomic mass is 9.79. The van der Waals surface area contributed by atoms with Gasteiger partial charge in [0.2, 0.25) is 0 Å². The third-order valence-electron chi connectivity index (χ3n) is 2.77. The van der Waals surface area contributed by atoms with E-state index in [2.05, 4.69) is 5.32 Å². The maximum atomic E-state index is 12.0. The molecule has 6 heteroatoms. The predicted octanol–water partition coefficient (Wildman–Crippen LogP) is 0.123. The summed E-state index contributed by atoms with van der Waals surface area (Å²) in [6.07, 6.45) is -4.04. The number of likely N-dealkylation sites (tertiary alicyclic amines) is 1. The summed E-state index contributed by atoms with van der Waals surface area (Å²) in [4.78, 5) is 11.8. The van der Waals surface area contributed by atoms with Gasteiger partial charge in [-0.25, -0.2) is 0 Å². The lowest BCUT2D eigenvalue weighted by Crippen LogP contribution is -2.78. The largest absolute Gasteiger partial charge is 0.471 e. The minimum absolute atomic E-state index is 0.236. The molecule has 0 aromatic heterocycles. The van der Waals surface area contributed by atoms with E-state index in [0.29, 0.717) is 19.5 Å². The second-order valence-corrected chi connectivity index (χ2v) is 3.53. The van der Waals surface area contributed by atoms with E-state index in [1.165, 1.54) is 0 Å². The van der Waals surface area contributed by atoms with Crippen LogP contribution in [0.4, 0.5) is 13.2 Å². The highest BCUT2D eigenvalue weighted by Gasteiger charge is 2.57. The summed E-state index contributed by atoms with van der Waals surface area (Å²) >= 11 is 0. The van der Waals surface area contributed by atoms with Gasteiger partial charge in [-0.15, -0.1) is 0 Å². The third kappa shape index (κ3) is 1.12. The molecule has 0 atom stereocenters. The van der Waals surface area contributed by atoms with Crippen molar-refractivity contribution in [3.8, 4) is 0 Å². The number of hydrogen-bond acceptors (Lipinski definition) is 2. The van der Waals surface area contributed by atoms with Crippen molar-refractivity contribution in [2.45, 2.75) is 18.1 Å². The number of amides is 1. The molecular formula is C7H9F3N2O. The van der Waals surface area contributed by atoms with Crippen LogP contribution in [0.1, 0.15) is 6.42 Å². The van der Waals surface area contributed by atoms with E-state index in [9.17, 15) is 18.0 Å². The van der Waals surface area contributed by atoms with Crippen LogP contribution >= 0.6 is 0 Å². The van der Waals surface area contributed by atoms with Crippen LogP contribution in [0.15, 0.2) is 0 Å². The van der Waals surface area contributed by atoms with Gasteiger partial charge < -0.3 is 10.2 Å². The Balaban J connectivity index is 2.06. The van der Waals surface area contributed by atoms with Crippen LogP contribution in [0.3, 0.4) is 0 Å². The highest BCUT2D eigenvalue weighted by Crippen LogP contribution is 2.37. The number of rotatable bonds is 0. The molecule has 2 saturated heterocycles. The molecule has 1 N–H and O–H groups in total. The van der Waals surface area contributed by atoms with E-state index in [-0.39, 0.29) is 6.54 Å². The van der Waals surface area contributed by atoms with E-state index in [1.807, 2.05) is 0 Å². The van der Waals surface area contributed by atoms with Gasteiger partial charge >= 0.3 is 12.1 Å². The number of carbonyl (C=O) groups is 1. The Bertz CT molecular complexity index is 241. The maximum Gasteiger partial charge on any atom is 0.471 e. The van der Waals surface area contributed by atoms with Crippen molar-refractivity contribution in [2.75, 3.05) is 19.6 Å². The Morgan fingerprint density at radius 3 is 2.23 bits per heavy atom. The summed E-state index contributed by atoms with van der Waals surface area (Å²) in [5.74, 6) is -1.69. The normalized spacial score (nSPS) is 25.3. The molecule has 2 aliphatic heterocycles. The van der Waals surface area contributed by atoms with Gasteiger partial charge in [0.05, 0.1) is 5.54 Å². The van der Waals surface area contributed by atoms with Crippen molar-refractivity contribution in [1.29, 1.82) is 0 Å². The first-order valence-electron chi connectivity index (χ1n) is 4.05. The summed E-state index contributed by atoms with van der Waals surface area (Å²) in [5.41, 5.74) is -0.507. The van der Waals surface area contributed by atoms with E-state index in [4.69, 9.17) is 0 Å². The molecule has 2 fully saturated rings. The highest BCUT2D eigenvalue weighted by molar-refractivity contribution is 5.83. The molecule has 0 aromatic carbocycles. The fraction of sp³-hybridized carbons (Fsp3) is 0.857. The first-order valence-corrected chi connectivity index (χ1v) is 4.05. The molecule has 3 nitrogen and oxygen atoms in total. The summed E-state index contributed by atoms with van der Waals surface area (Å²) in [6.45, 7) is 1.23. The molecule has 74 valence electrons. The summed E-state index contributed by atoms with van der Waals surface area (Å²) in [7, 11) is 0. The number of halogens is 3. The fourth-order valence-electron chi connectivity index (χ4n) is 1.79. The van der Waals surface area contributed by atoms with Crippen LogP contribution < -0.4 is 5.32 Å². The maximum absolute atomic E-state index is 12.0. The molecule has 1 amide bonds. The van der Waals surface area contributed by atoms with Crippen LogP contribution in [-0.2, 0) is 4.79 Å². The zero-order chi connectivity index (χ0) is 9.69. The minimum atomic E-state index is -4.72. The average Bonchev–Trinajstić information content (AvgIpc) is 1.78. The molecule has 0 aromatic rings. The van der Waals surface area contributed by atoms with E-state index < -0.39 is 17.6 Å². The van der Waals surface area contributed by atoms with Gasteiger partial charge in [-0.1, -0.05) is 0 Å². The zero-order valence-corrected chi connectivity index (χ0v) is 6.82. The quantitative estimate of drug-likeness (QED) is 0.594. The number of carbonyl (C=O) groups excluding carboxylic acids is 1. The zero-order valence-electron chi connectivity index (χ0n) is 6.82. The van der Waals surface area contributed by atoms with Crippen molar-refractivity contribution in [3.63, 3.8) is 0 Å². The van der Waals surface area contributed by atoms with Gasteiger partial charge in [-0.3, -0.25) is 4.79 Å². The van der Waals surface area contributed by atoms with Crippen LogP contribution in [0.25, 0.3) is 0 Å². The van der Waals surface area contributed by atoms with Crippen molar-refractivity contribution < 1.29 is 18.0 Å². The second-order valence-electron chi connectivity index (χ2n) is 3.53. The van der Waals surface area contributed by atoms with E-state index in [0.717, 1.165) is 4.90 Å². The van der Waals surface area contributed by atoms with Crippen LogP contribution in [-0.4, -0.2) is 42.2 Å². The highest BCUT2D eigenvalue weighted by atomic mass is 19.4. The molecule has 1 spiro atoms. The van der Waals surface area contributed by atoms with Gasteiger partial charge in [0.15, 0.2) is 0 Å². The molecule has 0 unspecified atom stereocenters. The van der Waals surface area contributed by atoms with Crippen molar-refractivity contribution in [2.24, 2.45) is 0 Å². The molecule has 0 saturated carbocycles. The fourth-order valence-corrected chi connectivity index (χ4v) is 1.79. The Labute approximate surface area is 72.9 Å². The van der Waals surface area contributed by atoms with Gasteiger partial charge in [-0.05, 0) is 6.42 Å². The first-order chi connectivity index (χ1) is 5.96. The minimum Gasteiger partial charge on any atom is -0.326 e. The molecule has 0 radical (unpaired) electrons. The monoisotopic (exact) mass is 194 g/mol. The molecular weight excluding hydrogens is 185 g/mol. The first kappa shape index (κ1) is 8.80. The van der Waals surface area contributed by atoms with Gasteiger partial charge in [-0.2, -0.15) is 13.2 Å². The predicted molar refractivity (Wildman–Crippen MR) is 38.0 cm³/mol. The summed E-state index contributed by atoms with van der Waals surface area (Å²) in [6, 6.07) is 0. The lowest BCUT2D eigenvalue weighted by Gasteiger charge is -2.58. The van der Waals surface area contributed by atoms with E-state index in [1.54, 1.807) is 0 Å². The molecule has 0 aliphatic carbocycles. The number of nitrogens with one attached hydrogen (secondary N) is 1. The van der Waals surface area contributed by atoms with Gasteiger partial charge in [0, 0.05) is 19.6 Å². The summed E-state index contributed by atoms with van der Waals surface area (Å²) in [5, 5.41) is 2.88. The Hall–Kier alpha value is -0.780. The molecule has 0 bridgehead atoms. The Morgan fingerprint density at radius 2 is 2.00 bits per heavy atom. The molecule has 2 heterocycles. The van der Waals surface area contributed by atoms with Gasteiger partial charge in [0.25, 0.3) is 0 Å². The van der Waals surface area contributed by atoms with Crippen LogP contribution in [0.2, 0.25) is 0 Å². The van der Waals surface area contributed by atoms with E-state index >= 15 is 0 Å². The van der Waals surface area contributed by atoms with Crippen molar-refractivity contribution in [1.82, 2.24) is 10.2 Å². The topological polar surface area (TPSA) is 32.3 Å². The molecule has 13 heavy (non-hydrogen) atoms. The Kier molecular flexibility index (Phi) is 1.61. The SMILES string of the molecule is O=C(N1CCC12CNC2)C(F)(F)F. The number of alkyl halides is 3. The smallest absolute Gasteiger partial charge is 0.326 e. The number of hydrogen-bond donors (Lipinski definition) is 1. The van der Waals surface area contributed by atoms with Crippen LogP contribution in [0, 0.1) is 0 Å². The van der Waals surface area contributed by atoms with Crippen molar-refractivity contribution >= 4 is 5.91 Å². The molecule has 2 rings (SSSR count). The van der Waals surface area contributed by atoms with Gasteiger partial charge in [0.1, 0.15) is 0 Å². The second kappa shape index (κ2) is 2.37.